The van der Waals surface area contributed by atoms with Crippen molar-refractivity contribution in [1.82, 2.24) is 15.6 Å². The average Bonchev–Trinajstić information content (AvgIpc) is 3.17. The van der Waals surface area contributed by atoms with Crippen LogP contribution >= 0.6 is 35.3 Å². The quantitative estimate of drug-likeness (QED) is 0.396. The summed E-state index contributed by atoms with van der Waals surface area (Å²) in [5.74, 6) is 2.42. The summed E-state index contributed by atoms with van der Waals surface area (Å²) in [5, 5.41) is 7.69. The number of hydrogen-bond donors (Lipinski definition) is 2. The average molecular weight is 474 g/mol. The van der Waals surface area contributed by atoms with Gasteiger partial charge in [0.25, 0.3) is 0 Å². The van der Waals surface area contributed by atoms with Crippen LogP contribution < -0.4 is 20.1 Å². The van der Waals surface area contributed by atoms with E-state index in [4.69, 9.17) is 9.47 Å². The summed E-state index contributed by atoms with van der Waals surface area (Å²) < 4.78 is 10.7. The molecule has 1 aliphatic rings. The maximum absolute atomic E-state index is 5.40. The molecule has 3 rings (SSSR count). The molecule has 0 spiro atoms. The van der Waals surface area contributed by atoms with Gasteiger partial charge in [-0.2, -0.15) is 0 Å². The second-order valence-corrected chi connectivity index (χ2v) is 6.83. The van der Waals surface area contributed by atoms with E-state index in [2.05, 4.69) is 33.6 Å². The van der Waals surface area contributed by atoms with E-state index in [1.165, 1.54) is 10.4 Å². The van der Waals surface area contributed by atoms with Crippen LogP contribution in [0.25, 0.3) is 0 Å². The van der Waals surface area contributed by atoms with E-state index in [1.54, 1.807) is 18.4 Å². The third-order valence-electron chi connectivity index (χ3n) is 3.85. The van der Waals surface area contributed by atoms with Crippen LogP contribution in [-0.2, 0) is 13.0 Å². The Bertz CT molecular complexity index is 729. The number of aliphatic imine (C=N–C) groups is 1. The molecule has 1 aromatic carbocycles. The van der Waals surface area contributed by atoms with Crippen molar-refractivity contribution in [1.29, 1.82) is 0 Å². The lowest BCUT2D eigenvalue weighted by atomic mass is 10.1. The van der Waals surface area contributed by atoms with Gasteiger partial charge in [-0.1, -0.05) is 6.07 Å². The molecule has 0 aliphatic carbocycles. The molecule has 0 atom stereocenters. The summed E-state index contributed by atoms with van der Waals surface area (Å²) in [6.07, 6.45) is 0.882. The molecule has 0 saturated heterocycles. The van der Waals surface area contributed by atoms with E-state index in [0.717, 1.165) is 41.1 Å². The fourth-order valence-electron chi connectivity index (χ4n) is 2.42. The van der Waals surface area contributed by atoms with Gasteiger partial charge in [0.2, 0.25) is 6.79 Å². The Hall–Kier alpha value is -1.55. The molecular formula is C17H23IN4O2S. The Morgan fingerprint density at radius 1 is 1.24 bits per heavy atom. The van der Waals surface area contributed by atoms with Crippen molar-refractivity contribution in [3.05, 3.63) is 39.3 Å². The van der Waals surface area contributed by atoms with Crippen LogP contribution in [0.1, 0.15) is 21.1 Å². The van der Waals surface area contributed by atoms with Crippen LogP contribution in [0.2, 0.25) is 0 Å². The lowest BCUT2D eigenvalue weighted by Gasteiger charge is -2.11. The molecule has 2 heterocycles. The predicted molar refractivity (Wildman–Crippen MR) is 111 cm³/mol. The molecule has 136 valence electrons. The van der Waals surface area contributed by atoms with Crippen molar-refractivity contribution in [2.45, 2.75) is 26.8 Å². The molecule has 0 amide bonds. The lowest BCUT2D eigenvalue weighted by molar-refractivity contribution is 0.174. The van der Waals surface area contributed by atoms with Gasteiger partial charge in [0.15, 0.2) is 17.5 Å². The first-order chi connectivity index (χ1) is 11.7. The van der Waals surface area contributed by atoms with Gasteiger partial charge in [0, 0.05) is 18.5 Å². The minimum absolute atomic E-state index is 0. The number of ether oxygens (including phenoxy) is 2. The van der Waals surface area contributed by atoms with Crippen molar-refractivity contribution < 1.29 is 9.47 Å². The molecular weight excluding hydrogens is 451 g/mol. The highest BCUT2D eigenvalue weighted by atomic mass is 127. The summed E-state index contributed by atoms with van der Waals surface area (Å²) in [6.45, 7) is 5.91. The zero-order chi connectivity index (χ0) is 16.9. The standard InChI is InChI=1S/C17H22N4O2S.HI/c1-11-12(2)24-16(21-11)9-20-17(18-3)19-7-6-13-4-5-14-15(8-13)23-10-22-14;/h4-5,8H,6-7,9-10H2,1-3H3,(H2,18,19,20);1H. The largest absolute Gasteiger partial charge is 0.454 e. The molecule has 0 radical (unpaired) electrons. The van der Waals surface area contributed by atoms with E-state index in [0.29, 0.717) is 13.3 Å². The number of benzene rings is 1. The van der Waals surface area contributed by atoms with Crippen molar-refractivity contribution >= 4 is 41.3 Å². The van der Waals surface area contributed by atoms with Gasteiger partial charge < -0.3 is 20.1 Å². The molecule has 0 saturated carbocycles. The second kappa shape index (κ2) is 9.23. The van der Waals surface area contributed by atoms with Gasteiger partial charge in [-0.25, -0.2) is 4.98 Å². The Morgan fingerprint density at radius 2 is 2.04 bits per heavy atom. The van der Waals surface area contributed by atoms with Crippen LogP contribution in [0, 0.1) is 13.8 Å². The summed E-state index contributed by atoms with van der Waals surface area (Å²) in [6, 6.07) is 6.05. The number of fused-ring (bicyclic) bond motifs is 1. The molecule has 0 unspecified atom stereocenters. The van der Waals surface area contributed by atoms with Crippen molar-refractivity contribution in [2.75, 3.05) is 20.4 Å². The third kappa shape index (κ3) is 5.21. The highest BCUT2D eigenvalue weighted by Gasteiger charge is 2.13. The molecule has 6 nitrogen and oxygen atoms in total. The number of halogens is 1. The number of nitrogens with one attached hydrogen (secondary N) is 2. The van der Waals surface area contributed by atoms with Crippen LogP contribution in [-0.4, -0.2) is 31.3 Å². The molecule has 8 heteroatoms. The van der Waals surface area contributed by atoms with E-state index >= 15 is 0 Å². The van der Waals surface area contributed by atoms with Crippen LogP contribution in [0.5, 0.6) is 11.5 Å². The van der Waals surface area contributed by atoms with E-state index in [-0.39, 0.29) is 24.0 Å². The van der Waals surface area contributed by atoms with E-state index in [9.17, 15) is 0 Å². The molecule has 0 bridgehead atoms. The van der Waals surface area contributed by atoms with Crippen molar-refractivity contribution in [2.24, 2.45) is 4.99 Å². The summed E-state index contributed by atoms with van der Waals surface area (Å²) in [4.78, 5) is 10.0. The zero-order valence-electron chi connectivity index (χ0n) is 14.6. The van der Waals surface area contributed by atoms with Gasteiger partial charge in [-0.05, 0) is 38.0 Å². The number of rotatable bonds is 5. The first-order valence-corrected chi connectivity index (χ1v) is 8.73. The second-order valence-electron chi connectivity index (χ2n) is 5.54. The van der Waals surface area contributed by atoms with E-state index in [1.807, 2.05) is 19.1 Å². The third-order valence-corrected chi connectivity index (χ3v) is 4.92. The number of nitrogens with zero attached hydrogens (tertiary/aromatic N) is 2. The van der Waals surface area contributed by atoms with Gasteiger partial charge in [0.1, 0.15) is 5.01 Å². The Labute approximate surface area is 169 Å². The minimum Gasteiger partial charge on any atom is -0.454 e. The number of aromatic nitrogens is 1. The first kappa shape index (κ1) is 19.8. The van der Waals surface area contributed by atoms with E-state index < -0.39 is 0 Å². The molecule has 2 aromatic rings. The molecule has 2 N–H and O–H groups in total. The summed E-state index contributed by atoms with van der Waals surface area (Å²) in [5.41, 5.74) is 2.30. The maximum Gasteiger partial charge on any atom is 0.231 e. The lowest BCUT2D eigenvalue weighted by Crippen LogP contribution is -2.37. The van der Waals surface area contributed by atoms with Gasteiger partial charge >= 0.3 is 0 Å². The van der Waals surface area contributed by atoms with Crippen LogP contribution in [0.4, 0.5) is 0 Å². The Morgan fingerprint density at radius 3 is 2.76 bits per heavy atom. The highest BCUT2D eigenvalue weighted by Crippen LogP contribution is 2.32. The molecule has 0 fully saturated rings. The Kier molecular flexibility index (Phi) is 7.30. The maximum atomic E-state index is 5.40. The van der Waals surface area contributed by atoms with Crippen LogP contribution in [0.15, 0.2) is 23.2 Å². The first-order valence-electron chi connectivity index (χ1n) is 7.91. The number of hydrogen-bond acceptors (Lipinski definition) is 5. The van der Waals surface area contributed by atoms with Gasteiger partial charge in [-0.15, -0.1) is 35.3 Å². The predicted octanol–water partition coefficient (Wildman–Crippen LogP) is 3.01. The van der Waals surface area contributed by atoms with Gasteiger partial charge in [0.05, 0.1) is 12.2 Å². The fourth-order valence-corrected chi connectivity index (χ4v) is 3.29. The monoisotopic (exact) mass is 474 g/mol. The zero-order valence-corrected chi connectivity index (χ0v) is 17.7. The SMILES string of the molecule is CN=C(NCCc1ccc2c(c1)OCO2)NCc1nc(C)c(C)s1.I. The summed E-state index contributed by atoms with van der Waals surface area (Å²) >= 11 is 1.72. The summed E-state index contributed by atoms with van der Waals surface area (Å²) in [7, 11) is 1.77. The van der Waals surface area contributed by atoms with Crippen molar-refractivity contribution in [3.8, 4) is 11.5 Å². The molecule has 1 aromatic heterocycles. The fraction of sp³-hybridized carbons (Fsp3) is 0.412. The topological polar surface area (TPSA) is 67.8 Å². The minimum atomic E-state index is 0. The normalized spacial score (nSPS) is 12.7. The highest BCUT2D eigenvalue weighted by molar-refractivity contribution is 14.0. The Balaban J connectivity index is 0.00000225. The smallest absolute Gasteiger partial charge is 0.231 e. The number of aryl methyl sites for hydroxylation is 2. The van der Waals surface area contributed by atoms with Crippen molar-refractivity contribution in [3.63, 3.8) is 0 Å². The van der Waals surface area contributed by atoms with Gasteiger partial charge in [-0.3, -0.25) is 4.99 Å². The number of guanidine groups is 1. The van der Waals surface area contributed by atoms with Crippen LogP contribution in [0.3, 0.4) is 0 Å². The molecule has 1 aliphatic heterocycles. The molecule has 25 heavy (non-hydrogen) atoms. The number of thiazole rings is 1.